The summed E-state index contributed by atoms with van der Waals surface area (Å²) >= 11 is 6.26. The fraction of sp³-hybridized carbons (Fsp3) is 0.636. The third-order valence-corrected chi connectivity index (χ3v) is 6.46. The Morgan fingerprint density at radius 1 is 1.26 bits per heavy atom. The highest BCUT2D eigenvalue weighted by atomic mass is 127. The van der Waals surface area contributed by atoms with E-state index >= 15 is 0 Å². The number of ether oxygens (including phenoxy) is 1. The summed E-state index contributed by atoms with van der Waals surface area (Å²) in [4.78, 5) is 20.3. The minimum absolute atomic E-state index is 0. The molecule has 0 saturated carbocycles. The quantitative estimate of drug-likeness (QED) is 0.332. The van der Waals surface area contributed by atoms with E-state index < -0.39 is 0 Å². The highest BCUT2D eigenvalue weighted by Crippen LogP contribution is 2.35. The van der Waals surface area contributed by atoms with Crippen LogP contribution in [0.3, 0.4) is 0 Å². The maximum Gasteiger partial charge on any atom is 0.409 e. The summed E-state index contributed by atoms with van der Waals surface area (Å²) in [6.45, 7) is 3.35. The summed E-state index contributed by atoms with van der Waals surface area (Å²) in [5.74, 6) is 1.30. The SMILES string of the molecule is CN=C(NCC1CCCN(C)C1c1cccc(Cl)c1)NC1CCN(C(=O)OC)CC1.I. The van der Waals surface area contributed by atoms with Crippen molar-refractivity contribution in [2.75, 3.05) is 47.4 Å². The van der Waals surface area contributed by atoms with Crippen molar-refractivity contribution in [3.63, 3.8) is 0 Å². The number of guanidine groups is 1. The first-order chi connectivity index (χ1) is 14.5. The van der Waals surface area contributed by atoms with E-state index in [1.807, 2.05) is 12.1 Å². The second-order valence-corrected chi connectivity index (χ2v) is 8.65. The van der Waals surface area contributed by atoms with Gasteiger partial charge in [-0.25, -0.2) is 4.79 Å². The van der Waals surface area contributed by atoms with Crippen LogP contribution in [-0.2, 0) is 4.74 Å². The Balaban J connectivity index is 0.00000341. The number of hydrogen-bond acceptors (Lipinski definition) is 4. The van der Waals surface area contributed by atoms with Gasteiger partial charge in [-0.3, -0.25) is 9.89 Å². The van der Waals surface area contributed by atoms with E-state index in [-0.39, 0.29) is 30.1 Å². The summed E-state index contributed by atoms with van der Waals surface area (Å²) in [7, 11) is 5.43. The summed E-state index contributed by atoms with van der Waals surface area (Å²) in [6, 6.07) is 8.86. The monoisotopic (exact) mass is 563 g/mol. The molecule has 2 atom stereocenters. The van der Waals surface area contributed by atoms with Gasteiger partial charge >= 0.3 is 6.09 Å². The Bertz CT molecular complexity index is 742. The lowest BCUT2D eigenvalue weighted by atomic mass is 9.85. The van der Waals surface area contributed by atoms with Gasteiger partial charge in [-0.05, 0) is 62.9 Å². The summed E-state index contributed by atoms with van der Waals surface area (Å²) < 4.78 is 4.81. The fourth-order valence-corrected chi connectivity index (χ4v) is 4.84. The van der Waals surface area contributed by atoms with Crippen molar-refractivity contribution >= 4 is 47.6 Å². The van der Waals surface area contributed by atoms with E-state index in [2.05, 4.69) is 39.7 Å². The number of nitrogens with zero attached hydrogens (tertiary/aromatic N) is 3. The molecular formula is C22H35ClIN5O2. The predicted molar refractivity (Wildman–Crippen MR) is 136 cm³/mol. The first-order valence-corrected chi connectivity index (χ1v) is 11.2. The summed E-state index contributed by atoms with van der Waals surface area (Å²) in [5.41, 5.74) is 1.27. The zero-order valence-corrected chi connectivity index (χ0v) is 21.7. The van der Waals surface area contributed by atoms with E-state index in [1.165, 1.54) is 25.5 Å². The van der Waals surface area contributed by atoms with Gasteiger partial charge in [0, 0.05) is 43.8 Å². The minimum Gasteiger partial charge on any atom is -0.453 e. The number of piperidine rings is 2. The van der Waals surface area contributed by atoms with Gasteiger partial charge < -0.3 is 20.3 Å². The Kier molecular flexibility index (Phi) is 10.6. The lowest BCUT2D eigenvalue weighted by Crippen LogP contribution is -2.51. The van der Waals surface area contributed by atoms with Crippen molar-refractivity contribution in [2.45, 2.75) is 37.8 Å². The van der Waals surface area contributed by atoms with Gasteiger partial charge in [-0.15, -0.1) is 24.0 Å². The molecule has 2 unspecified atom stereocenters. The van der Waals surface area contributed by atoms with Gasteiger partial charge in [0.05, 0.1) is 7.11 Å². The third-order valence-electron chi connectivity index (χ3n) is 6.22. The van der Waals surface area contributed by atoms with E-state index in [1.54, 1.807) is 11.9 Å². The van der Waals surface area contributed by atoms with Crippen molar-refractivity contribution in [1.82, 2.24) is 20.4 Å². The van der Waals surface area contributed by atoms with Crippen LogP contribution in [-0.4, -0.2) is 75.3 Å². The molecule has 9 heteroatoms. The first kappa shape index (κ1) is 26.0. The molecule has 0 spiro atoms. The van der Waals surface area contributed by atoms with Crippen LogP contribution >= 0.6 is 35.6 Å². The number of nitrogens with one attached hydrogen (secondary N) is 2. The number of rotatable bonds is 4. The maximum atomic E-state index is 11.7. The largest absolute Gasteiger partial charge is 0.453 e. The minimum atomic E-state index is -0.246. The normalized spacial score (nSPS) is 23.1. The number of methoxy groups -OCH3 is 1. The summed E-state index contributed by atoms with van der Waals surface area (Å²) in [5, 5.41) is 7.85. The molecule has 0 radical (unpaired) electrons. The number of carbonyl (C=O) groups excluding carboxylic acids is 1. The van der Waals surface area contributed by atoms with Crippen LogP contribution in [0.25, 0.3) is 0 Å². The standard InChI is InChI=1S/C22H34ClN5O2.HI/c1-24-21(26-19-9-12-28(13-10-19)22(29)30-3)25-15-17-7-5-11-27(2)20(17)16-6-4-8-18(23)14-16;/h4,6,8,14,17,19-20H,5,7,9-13,15H2,1-3H3,(H2,24,25,26);1H. The second kappa shape index (κ2) is 12.7. The molecule has 2 N–H and O–H groups in total. The number of carbonyl (C=O) groups is 1. The van der Waals surface area contributed by atoms with E-state index in [9.17, 15) is 4.79 Å². The van der Waals surface area contributed by atoms with Gasteiger partial charge in [0.2, 0.25) is 0 Å². The molecule has 2 aliphatic heterocycles. The van der Waals surface area contributed by atoms with Gasteiger partial charge in [-0.2, -0.15) is 0 Å². The van der Waals surface area contributed by atoms with Gasteiger partial charge in [0.15, 0.2) is 5.96 Å². The first-order valence-electron chi connectivity index (χ1n) is 10.8. The average Bonchev–Trinajstić information content (AvgIpc) is 2.76. The number of hydrogen-bond donors (Lipinski definition) is 2. The van der Waals surface area contributed by atoms with Crippen LogP contribution in [0.1, 0.15) is 37.3 Å². The highest BCUT2D eigenvalue weighted by Gasteiger charge is 2.31. The van der Waals surface area contributed by atoms with Gasteiger partial charge in [0.1, 0.15) is 0 Å². The van der Waals surface area contributed by atoms with Crippen LogP contribution < -0.4 is 10.6 Å². The average molecular weight is 564 g/mol. The Hall–Kier alpha value is -1.26. The molecule has 2 heterocycles. The molecule has 1 amide bonds. The maximum absolute atomic E-state index is 11.7. The third kappa shape index (κ3) is 7.12. The molecule has 2 fully saturated rings. The van der Waals surface area contributed by atoms with Crippen molar-refractivity contribution in [1.29, 1.82) is 0 Å². The molecule has 7 nitrogen and oxygen atoms in total. The van der Waals surface area contributed by atoms with Crippen LogP contribution in [0.2, 0.25) is 5.02 Å². The molecule has 174 valence electrons. The molecule has 3 rings (SSSR count). The highest BCUT2D eigenvalue weighted by molar-refractivity contribution is 14.0. The Morgan fingerprint density at radius 2 is 2.00 bits per heavy atom. The zero-order valence-electron chi connectivity index (χ0n) is 18.6. The number of benzene rings is 1. The smallest absolute Gasteiger partial charge is 0.409 e. The van der Waals surface area contributed by atoms with Crippen molar-refractivity contribution in [3.05, 3.63) is 34.9 Å². The number of amides is 1. The van der Waals surface area contributed by atoms with Crippen LogP contribution in [0, 0.1) is 5.92 Å². The number of halogens is 2. The molecule has 1 aromatic carbocycles. The Morgan fingerprint density at radius 3 is 2.65 bits per heavy atom. The second-order valence-electron chi connectivity index (χ2n) is 8.21. The van der Waals surface area contributed by atoms with Gasteiger partial charge in [-0.1, -0.05) is 23.7 Å². The molecule has 2 aliphatic rings. The topological polar surface area (TPSA) is 69.2 Å². The zero-order chi connectivity index (χ0) is 21.5. The molecule has 1 aromatic rings. The van der Waals surface area contributed by atoms with Crippen LogP contribution in [0.4, 0.5) is 4.79 Å². The molecule has 0 bridgehead atoms. The van der Waals surface area contributed by atoms with Crippen molar-refractivity contribution < 1.29 is 9.53 Å². The predicted octanol–water partition coefficient (Wildman–Crippen LogP) is 3.74. The van der Waals surface area contributed by atoms with E-state index in [0.29, 0.717) is 31.1 Å². The molecule has 0 aromatic heterocycles. The number of aliphatic imine (C=N–C) groups is 1. The molecular weight excluding hydrogens is 529 g/mol. The fourth-order valence-electron chi connectivity index (χ4n) is 4.64. The van der Waals surface area contributed by atoms with E-state index in [4.69, 9.17) is 16.3 Å². The van der Waals surface area contributed by atoms with Crippen LogP contribution in [0.5, 0.6) is 0 Å². The lowest BCUT2D eigenvalue weighted by molar-refractivity contribution is 0.111. The van der Waals surface area contributed by atoms with E-state index in [0.717, 1.165) is 36.9 Å². The van der Waals surface area contributed by atoms with Crippen LogP contribution in [0.15, 0.2) is 29.3 Å². The molecule has 2 saturated heterocycles. The van der Waals surface area contributed by atoms with Crippen molar-refractivity contribution in [3.8, 4) is 0 Å². The Labute approximate surface area is 207 Å². The lowest BCUT2D eigenvalue weighted by Gasteiger charge is -2.40. The molecule has 31 heavy (non-hydrogen) atoms. The number of likely N-dealkylation sites (tertiary alicyclic amines) is 2. The summed E-state index contributed by atoms with van der Waals surface area (Å²) in [6.07, 6.45) is 3.88. The molecule has 0 aliphatic carbocycles. The van der Waals surface area contributed by atoms with Crippen molar-refractivity contribution in [2.24, 2.45) is 10.9 Å². The van der Waals surface area contributed by atoms with Gasteiger partial charge in [0.25, 0.3) is 0 Å².